The monoisotopic (exact) mass is 338 g/mol. The van der Waals surface area contributed by atoms with Crippen LogP contribution in [0.2, 0.25) is 0 Å². The maximum Gasteiger partial charge on any atom is 0.123 e. The Morgan fingerprint density at radius 1 is 1.04 bits per heavy atom. The molecule has 1 N–H and O–H groups in total. The maximum absolute atomic E-state index is 13.1. The Morgan fingerprint density at radius 3 is 2.44 bits per heavy atom. The van der Waals surface area contributed by atoms with E-state index in [-0.39, 0.29) is 5.82 Å². The van der Waals surface area contributed by atoms with Gasteiger partial charge in [-0.25, -0.2) is 4.39 Å². The molecule has 0 aliphatic heterocycles. The Labute approximate surface area is 147 Å². The van der Waals surface area contributed by atoms with E-state index in [4.69, 9.17) is 0 Å². The molecule has 4 nitrogen and oxygen atoms in total. The first-order chi connectivity index (χ1) is 12.2. The molecule has 3 aromatic rings. The molecular formula is C20H23FN4. The quantitative estimate of drug-likeness (QED) is 0.707. The zero-order valence-electron chi connectivity index (χ0n) is 14.6. The van der Waals surface area contributed by atoms with Crippen LogP contribution in [0.4, 0.5) is 4.39 Å². The standard InChI is InChI=1S/C20H23FN4/c1-3-15(2)22-13-19-20(17-7-5-4-6-8-17)24-25(23-19)14-16-9-11-18(21)12-10-16/h4-12,15,22H,3,13-14H2,1-2H3/t15-/m1/s1. The Balaban J connectivity index is 1.86. The fourth-order valence-electron chi connectivity index (χ4n) is 2.56. The van der Waals surface area contributed by atoms with Gasteiger partial charge in [-0.3, -0.25) is 0 Å². The first kappa shape index (κ1) is 17.3. The van der Waals surface area contributed by atoms with Gasteiger partial charge < -0.3 is 5.32 Å². The van der Waals surface area contributed by atoms with Crippen LogP contribution in [0.1, 0.15) is 31.5 Å². The van der Waals surface area contributed by atoms with Gasteiger partial charge in [-0.1, -0.05) is 49.4 Å². The van der Waals surface area contributed by atoms with Crippen molar-refractivity contribution in [3.05, 3.63) is 71.7 Å². The van der Waals surface area contributed by atoms with Gasteiger partial charge in [0, 0.05) is 18.2 Å². The summed E-state index contributed by atoms with van der Waals surface area (Å²) in [5.41, 5.74) is 3.83. The highest BCUT2D eigenvalue weighted by atomic mass is 19.1. The number of benzene rings is 2. The normalized spacial score (nSPS) is 12.3. The van der Waals surface area contributed by atoms with E-state index in [1.165, 1.54) is 12.1 Å². The van der Waals surface area contributed by atoms with Crippen LogP contribution in [0, 0.1) is 5.82 Å². The third kappa shape index (κ3) is 4.51. The Kier molecular flexibility index (Phi) is 5.56. The van der Waals surface area contributed by atoms with Gasteiger partial charge >= 0.3 is 0 Å². The van der Waals surface area contributed by atoms with Crippen LogP contribution in [-0.2, 0) is 13.1 Å². The van der Waals surface area contributed by atoms with Crippen molar-refractivity contribution in [2.45, 2.75) is 39.4 Å². The highest BCUT2D eigenvalue weighted by Crippen LogP contribution is 2.20. The molecule has 1 heterocycles. The van der Waals surface area contributed by atoms with E-state index < -0.39 is 0 Å². The lowest BCUT2D eigenvalue weighted by atomic mass is 10.1. The molecule has 2 aromatic carbocycles. The number of hydrogen-bond donors (Lipinski definition) is 1. The summed E-state index contributed by atoms with van der Waals surface area (Å²) in [4.78, 5) is 1.68. The molecule has 25 heavy (non-hydrogen) atoms. The summed E-state index contributed by atoms with van der Waals surface area (Å²) < 4.78 is 13.1. The van der Waals surface area contributed by atoms with Crippen LogP contribution >= 0.6 is 0 Å². The van der Waals surface area contributed by atoms with Crippen molar-refractivity contribution in [3.63, 3.8) is 0 Å². The minimum absolute atomic E-state index is 0.236. The molecule has 1 atom stereocenters. The summed E-state index contributed by atoms with van der Waals surface area (Å²) in [6.07, 6.45) is 1.06. The second-order valence-electron chi connectivity index (χ2n) is 6.21. The highest BCUT2D eigenvalue weighted by molar-refractivity contribution is 5.60. The third-order valence-electron chi connectivity index (χ3n) is 4.24. The second kappa shape index (κ2) is 8.03. The molecule has 0 saturated heterocycles. The van der Waals surface area contributed by atoms with E-state index in [2.05, 4.69) is 29.4 Å². The SMILES string of the molecule is CC[C@@H](C)NCc1nn(Cc2ccc(F)cc2)nc1-c1ccccc1. The van der Waals surface area contributed by atoms with Gasteiger partial charge in [-0.15, -0.1) is 0 Å². The zero-order chi connectivity index (χ0) is 17.6. The smallest absolute Gasteiger partial charge is 0.123 e. The molecule has 1 aromatic heterocycles. The summed E-state index contributed by atoms with van der Waals surface area (Å²) in [5, 5.41) is 12.8. The summed E-state index contributed by atoms with van der Waals surface area (Å²) in [6.45, 7) is 5.50. The minimum Gasteiger partial charge on any atom is -0.309 e. The predicted octanol–water partition coefficient (Wildman–Crippen LogP) is 4.02. The Morgan fingerprint density at radius 2 is 1.76 bits per heavy atom. The minimum atomic E-state index is -0.236. The lowest BCUT2D eigenvalue weighted by Crippen LogP contribution is -2.25. The molecule has 3 rings (SSSR count). The fourth-order valence-corrected chi connectivity index (χ4v) is 2.56. The van der Waals surface area contributed by atoms with Gasteiger partial charge in [-0.05, 0) is 31.0 Å². The number of halogens is 1. The van der Waals surface area contributed by atoms with Crippen molar-refractivity contribution in [1.29, 1.82) is 0 Å². The van der Waals surface area contributed by atoms with Crippen molar-refractivity contribution in [2.24, 2.45) is 0 Å². The van der Waals surface area contributed by atoms with E-state index in [9.17, 15) is 4.39 Å². The molecule has 0 spiro atoms. The van der Waals surface area contributed by atoms with Crippen molar-refractivity contribution in [2.75, 3.05) is 0 Å². The van der Waals surface area contributed by atoms with Gasteiger partial charge in [0.15, 0.2) is 0 Å². The summed E-state index contributed by atoms with van der Waals surface area (Å²) in [6, 6.07) is 16.9. The molecule has 0 saturated carbocycles. The van der Waals surface area contributed by atoms with Crippen molar-refractivity contribution < 1.29 is 4.39 Å². The van der Waals surface area contributed by atoms with Crippen LogP contribution in [0.25, 0.3) is 11.3 Å². The van der Waals surface area contributed by atoms with Gasteiger partial charge in [-0.2, -0.15) is 15.0 Å². The molecule has 130 valence electrons. The summed E-state index contributed by atoms with van der Waals surface area (Å²) >= 11 is 0. The third-order valence-corrected chi connectivity index (χ3v) is 4.24. The largest absolute Gasteiger partial charge is 0.309 e. The first-order valence-electron chi connectivity index (χ1n) is 8.63. The van der Waals surface area contributed by atoms with Gasteiger partial charge in [0.25, 0.3) is 0 Å². The molecule has 0 aliphatic rings. The first-order valence-corrected chi connectivity index (χ1v) is 8.63. The van der Waals surface area contributed by atoms with Gasteiger partial charge in [0.1, 0.15) is 17.2 Å². The summed E-state index contributed by atoms with van der Waals surface area (Å²) in [7, 11) is 0. The topological polar surface area (TPSA) is 42.7 Å². The number of nitrogens with one attached hydrogen (secondary N) is 1. The summed E-state index contributed by atoms with van der Waals surface area (Å²) in [5.74, 6) is -0.236. The van der Waals surface area contributed by atoms with Crippen LogP contribution < -0.4 is 5.32 Å². The van der Waals surface area contributed by atoms with Crippen molar-refractivity contribution >= 4 is 0 Å². The number of rotatable bonds is 7. The molecule has 0 aliphatic carbocycles. The molecule has 0 fully saturated rings. The van der Waals surface area contributed by atoms with Crippen LogP contribution in [0.15, 0.2) is 54.6 Å². The number of nitrogens with zero attached hydrogens (tertiary/aromatic N) is 3. The lowest BCUT2D eigenvalue weighted by molar-refractivity contribution is 0.520. The molecule has 0 unspecified atom stereocenters. The molecule has 0 radical (unpaired) electrons. The van der Waals surface area contributed by atoms with Crippen LogP contribution in [-0.4, -0.2) is 21.0 Å². The molecular weight excluding hydrogens is 315 g/mol. The average Bonchev–Trinajstić information content (AvgIpc) is 3.05. The predicted molar refractivity (Wildman–Crippen MR) is 97.6 cm³/mol. The highest BCUT2D eigenvalue weighted by Gasteiger charge is 2.14. The van der Waals surface area contributed by atoms with E-state index in [0.717, 1.165) is 28.9 Å². The Bertz CT molecular complexity index is 796. The zero-order valence-corrected chi connectivity index (χ0v) is 14.6. The van der Waals surface area contributed by atoms with Crippen molar-refractivity contribution in [1.82, 2.24) is 20.3 Å². The van der Waals surface area contributed by atoms with E-state index in [1.807, 2.05) is 30.3 Å². The van der Waals surface area contributed by atoms with E-state index in [1.54, 1.807) is 16.9 Å². The Hall–Kier alpha value is -2.53. The van der Waals surface area contributed by atoms with E-state index in [0.29, 0.717) is 19.1 Å². The van der Waals surface area contributed by atoms with Crippen LogP contribution in [0.5, 0.6) is 0 Å². The maximum atomic E-state index is 13.1. The van der Waals surface area contributed by atoms with Gasteiger partial charge in [0.05, 0.1) is 6.54 Å². The number of hydrogen-bond acceptors (Lipinski definition) is 3. The van der Waals surface area contributed by atoms with E-state index >= 15 is 0 Å². The van der Waals surface area contributed by atoms with Crippen molar-refractivity contribution in [3.8, 4) is 11.3 Å². The van der Waals surface area contributed by atoms with Gasteiger partial charge in [0.2, 0.25) is 0 Å². The van der Waals surface area contributed by atoms with Crippen LogP contribution in [0.3, 0.4) is 0 Å². The molecule has 5 heteroatoms. The second-order valence-corrected chi connectivity index (χ2v) is 6.21. The number of aromatic nitrogens is 3. The fraction of sp³-hybridized carbons (Fsp3) is 0.300. The molecule has 0 bridgehead atoms. The lowest BCUT2D eigenvalue weighted by Gasteiger charge is -2.10. The molecule has 0 amide bonds. The average molecular weight is 338 g/mol.